The standard InChI is InChI=1S/C25H30FN7O2/c1-25-11-5-6-18(33(25)4)22(26)19(13-25)32(3)21-10-9-17(29-30-21)16-8-7-15(12-20(16)34)23-27-14-31(2)24(35)28-23/h7-10,12,14,18-19,22,34H,5-6,11,13H2,1-4H3/t18?,19-,22+,25-/m1/s1. The van der Waals surface area contributed by atoms with Crippen LogP contribution in [0.1, 0.15) is 32.6 Å². The molecule has 4 heterocycles. The normalized spacial score (nSPS) is 26.5. The number of phenols is 1. The number of hydrogen-bond acceptors (Lipinski definition) is 8. The van der Waals surface area contributed by atoms with Gasteiger partial charge in [0.25, 0.3) is 0 Å². The minimum atomic E-state index is -0.964. The first kappa shape index (κ1) is 23.3. The second-order valence-electron chi connectivity index (χ2n) is 9.98. The van der Waals surface area contributed by atoms with Gasteiger partial charge in [-0.3, -0.25) is 9.47 Å². The number of piperidine rings is 2. The lowest BCUT2D eigenvalue weighted by atomic mass is 9.72. The first-order valence-corrected chi connectivity index (χ1v) is 11.8. The number of phenolic OH excluding ortho intramolecular Hbond substituents is 1. The third-order valence-corrected chi connectivity index (χ3v) is 7.85. The van der Waals surface area contributed by atoms with E-state index in [1.165, 1.54) is 17.0 Å². The predicted molar refractivity (Wildman–Crippen MR) is 131 cm³/mol. The van der Waals surface area contributed by atoms with Crippen molar-refractivity contribution >= 4 is 5.82 Å². The van der Waals surface area contributed by atoms with Crippen LogP contribution in [0.5, 0.6) is 5.75 Å². The van der Waals surface area contributed by atoms with E-state index in [0.717, 1.165) is 25.7 Å². The first-order valence-electron chi connectivity index (χ1n) is 11.8. The molecule has 0 aliphatic carbocycles. The van der Waals surface area contributed by atoms with Gasteiger partial charge >= 0.3 is 5.69 Å². The van der Waals surface area contributed by atoms with Crippen LogP contribution in [0.25, 0.3) is 22.6 Å². The Hall–Kier alpha value is -3.40. The van der Waals surface area contributed by atoms with Crippen LogP contribution in [-0.2, 0) is 7.05 Å². The van der Waals surface area contributed by atoms with Gasteiger partial charge in [-0.1, -0.05) is 6.07 Å². The molecule has 4 atom stereocenters. The van der Waals surface area contributed by atoms with Gasteiger partial charge in [-0.15, -0.1) is 10.2 Å². The molecule has 3 aromatic rings. The van der Waals surface area contributed by atoms with Crippen LogP contribution in [0.15, 0.2) is 41.5 Å². The highest BCUT2D eigenvalue weighted by atomic mass is 19.1. The quantitative estimate of drug-likeness (QED) is 0.610. The van der Waals surface area contributed by atoms with Crippen molar-refractivity contribution in [3.05, 3.63) is 47.1 Å². The van der Waals surface area contributed by atoms with E-state index in [2.05, 4.69) is 32.0 Å². The van der Waals surface area contributed by atoms with Gasteiger partial charge in [0.05, 0.1) is 11.7 Å². The Morgan fingerprint density at radius 2 is 2.00 bits per heavy atom. The number of rotatable bonds is 4. The summed E-state index contributed by atoms with van der Waals surface area (Å²) in [5, 5.41) is 19.3. The lowest BCUT2D eigenvalue weighted by Gasteiger charge is -2.56. The Labute approximate surface area is 203 Å². The summed E-state index contributed by atoms with van der Waals surface area (Å²) in [6.45, 7) is 2.23. The van der Waals surface area contributed by atoms with E-state index >= 15 is 4.39 Å². The molecule has 2 aromatic heterocycles. The zero-order valence-electron chi connectivity index (χ0n) is 20.4. The molecule has 5 rings (SSSR count). The fourth-order valence-corrected chi connectivity index (χ4v) is 5.49. The maximum atomic E-state index is 15.5. The second kappa shape index (κ2) is 8.67. The Morgan fingerprint density at radius 3 is 2.69 bits per heavy atom. The van der Waals surface area contributed by atoms with Crippen molar-refractivity contribution < 1.29 is 9.50 Å². The van der Waals surface area contributed by atoms with Gasteiger partial charge in [0.15, 0.2) is 11.6 Å². The molecule has 0 saturated carbocycles. The van der Waals surface area contributed by atoms with E-state index < -0.39 is 11.9 Å². The summed E-state index contributed by atoms with van der Waals surface area (Å²) >= 11 is 0. The molecule has 184 valence electrons. The third kappa shape index (κ3) is 4.05. The maximum absolute atomic E-state index is 15.5. The van der Waals surface area contributed by atoms with E-state index in [1.54, 1.807) is 25.2 Å². The van der Waals surface area contributed by atoms with Crippen molar-refractivity contribution in [3.8, 4) is 28.4 Å². The molecule has 2 aliphatic rings. The summed E-state index contributed by atoms with van der Waals surface area (Å²) in [7, 11) is 5.49. The number of aromatic nitrogens is 5. The minimum absolute atomic E-state index is 0.0158. The summed E-state index contributed by atoms with van der Waals surface area (Å²) in [5.41, 5.74) is 1.05. The highest BCUT2D eigenvalue weighted by Gasteiger charge is 2.51. The summed E-state index contributed by atoms with van der Waals surface area (Å²) in [6, 6.07) is 8.14. The maximum Gasteiger partial charge on any atom is 0.350 e. The van der Waals surface area contributed by atoms with Crippen molar-refractivity contribution in [3.63, 3.8) is 0 Å². The molecular weight excluding hydrogens is 449 g/mol. The number of alkyl halides is 1. The Morgan fingerprint density at radius 1 is 1.20 bits per heavy atom. The number of fused-ring (bicyclic) bond motifs is 2. The largest absolute Gasteiger partial charge is 0.507 e. The smallest absolute Gasteiger partial charge is 0.350 e. The van der Waals surface area contributed by atoms with Gasteiger partial charge in [0.2, 0.25) is 0 Å². The number of benzene rings is 1. The highest BCUT2D eigenvalue weighted by molar-refractivity contribution is 5.72. The zero-order valence-corrected chi connectivity index (χ0v) is 20.4. The molecule has 2 saturated heterocycles. The van der Waals surface area contributed by atoms with Crippen LogP contribution in [0.4, 0.5) is 10.2 Å². The minimum Gasteiger partial charge on any atom is -0.507 e. The van der Waals surface area contributed by atoms with E-state index in [1.807, 2.05) is 25.1 Å². The number of aromatic hydroxyl groups is 1. The van der Waals surface area contributed by atoms with E-state index in [-0.39, 0.29) is 29.2 Å². The molecule has 35 heavy (non-hydrogen) atoms. The van der Waals surface area contributed by atoms with Crippen molar-refractivity contribution in [1.29, 1.82) is 0 Å². The number of anilines is 1. The molecule has 1 N–H and O–H groups in total. The lowest BCUT2D eigenvalue weighted by Crippen LogP contribution is -2.67. The molecule has 10 heteroatoms. The summed E-state index contributed by atoms with van der Waals surface area (Å²) in [6.07, 6.45) is 4.16. The summed E-state index contributed by atoms with van der Waals surface area (Å²) < 4.78 is 16.8. The highest BCUT2D eigenvalue weighted by Crippen LogP contribution is 2.43. The number of halogens is 1. The molecule has 2 fully saturated rings. The number of aryl methyl sites for hydroxylation is 1. The molecule has 9 nitrogen and oxygen atoms in total. The van der Waals surface area contributed by atoms with Crippen molar-refractivity contribution in [2.45, 2.75) is 56.4 Å². The van der Waals surface area contributed by atoms with Crippen LogP contribution < -0.4 is 10.6 Å². The Balaban J connectivity index is 1.37. The van der Waals surface area contributed by atoms with Crippen LogP contribution in [0.2, 0.25) is 0 Å². The van der Waals surface area contributed by atoms with Crippen LogP contribution in [0, 0.1) is 0 Å². The van der Waals surface area contributed by atoms with Crippen molar-refractivity contribution in [1.82, 2.24) is 29.6 Å². The molecular formula is C25H30FN7O2. The average molecular weight is 480 g/mol. The van der Waals surface area contributed by atoms with E-state index in [9.17, 15) is 9.90 Å². The van der Waals surface area contributed by atoms with Crippen molar-refractivity contribution in [2.24, 2.45) is 7.05 Å². The topological polar surface area (TPSA) is 100 Å². The first-order chi connectivity index (χ1) is 16.7. The summed E-state index contributed by atoms with van der Waals surface area (Å²) in [4.78, 5) is 24.0. The summed E-state index contributed by atoms with van der Waals surface area (Å²) in [5.74, 6) is 0.801. The SMILES string of the molecule is CN(c1ccc(-c2ccc(-c3ncn(C)c(=O)n3)cc2O)nn1)[C@@H]1C[C@@]2(C)CCCC([C@@H]1F)N2C. The van der Waals surface area contributed by atoms with Gasteiger partial charge in [0.1, 0.15) is 18.2 Å². The number of nitrogens with zero attached hydrogens (tertiary/aromatic N) is 7. The van der Waals surface area contributed by atoms with Crippen LogP contribution in [0.3, 0.4) is 0 Å². The lowest BCUT2D eigenvalue weighted by molar-refractivity contribution is -0.0600. The van der Waals surface area contributed by atoms with Crippen molar-refractivity contribution in [2.75, 3.05) is 19.0 Å². The van der Waals surface area contributed by atoms with Crippen LogP contribution in [-0.4, -0.2) is 72.6 Å². The molecule has 2 bridgehead atoms. The van der Waals surface area contributed by atoms with E-state index in [4.69, 9.17) is 0 Å². The second-order valence-corrected chi connectivity index (χ2v) is 9.98. The molecule has 0 radical (unpaired) electrons. The Kier molecular flexibility index (Phi) is 5.79. The molecule has 0 amide bonds. The molecule has 0 spiro atoms. The van der Waals surface area contributed by atoms with Gasteiger partial charge in [0, 0.05) is 36.8 Å². The zero-order chi connectivity index (χ0) is 24.9. The van der Waals surface area contributed by atoms with Gasteiger partial charge < -0.3 is 10.0 Å². The van der Waals surface area contributed by atoms with E-state index in [0.29, 0.717) is 22.6 Å². The van der Waals surface area contributed by atoms with Crippen LogP contribution >= 0.6 is 0 Å². The molecule has 2 aliphatic heterocycles. The van der Waals surface area contributed by atoms with Gasteiger partial charge in [-0.25, -0.2) is 14.2 Å². The third-order valence-electron chi connectivity index (χ3n) is 7.85. The average Bonchev–Trinajstić information content (AvgIpc) is 2.84. The monoisotopic (exact) mass is 479 g/mol. The molecule has 1 aromatic carbocycles. The fourth-order valence-electron chi connectivity index (χ4n) is 5.49. The number of hydrogen-bond donors (Lipinski definition) is 1. The van der Waals surface area contributed by atoms with Gasteiger partial charge in [-0.05, 0) is 63.9 Å². The fraction of sp³-hybridized carbons (Fsp3) is 0.480. The predicted octanol–water partition coefficient (Wildman–Crippen LogP) is 2.79. The van der Waals surface area contributed by atoms with Gasteiger partial charge in [-0.2, -0.15) is 4.98 Å². The Bertz CT molecular complexity index is 1300. The molecule has 1 unspecified atom stereocenters.